The number of aryl methyl sites for hydroxylation is 1. The molecule has 0 atom stereocenters. The molecule has 2 aromatic rings. The fourth-order valence-electron chi connectivity index (χ4n) is 2.60. The highest BCUT2D eigenvalue weighted by molar-refractivity contribution is 5.69. The van der Waals surface area contributed by atoms with Crippen LogP contribution in [0, 0.1) is 0 Å². The van der Waals surface area contributed by atoms with Crippen molar-refractivity contribution in [3.05, 3.63) is 41.7 Å². The van der Waals surface area contributed by atoms with E-state index in [0.29, 0.717) is 25.4 Å². The Labute approximate surface area is 137 Å². The van der Waals surface area contributed by atoms with Gasteiger partial charge in [-0.1, -0.05) is 13.8 Å². The van der Waals surface area contributed by atoms with Crippen LogP contribution in [0.15, 0.2) is 30.5 Å². The Balaban J connectivity index is 2.25. The second-order valence-electron chi connectivity index (χ2n) is 5.62. The summed E-state index contributed by atoms with van der Waals surface area (Å²) in [5, 5.41) is 4.51. The van der Waals surface area contributed by atoms with Crippen molar-refractivity contribution >= 4 is 5.97 Å². The zero-order chi connectivity index (χ0) is 16.8. The lowest BCUT2D eigenvalue weighted by molar-refractivity contribution is -0.143. The lowest BCUT2D eigenvalue weighted by Gasteiger charge is -2.13. The summed E-state index contributed by atoms with van der Waals surface area (Å²) in [6.07, 6.45) is 2.86. The summed E-state index contributed by atoms with van der Waals surface area (Å²) in [5.74, 6) is 0.950. The highest BCUT2D eigenvalue weighted by atomic mass is 16.5. The van der Waals surface area contributed by atoms with Gasteiger partial charge in [-0.15, -0.1) is 0 Å². The first kappa shape index (κ1) is 17.1. The normalized spacial score (nSPS) is 10.8. The monoisotopic (exact) mass is 316 g/mol. The van der Waals surface area contributed by atoms with Crippen molar-refractivity contribution in [2.24, 2.45) is 0 Å². The van der Waals surface area contributed by atoms with E-state index < -0.39 is 0 Å². The third-order valence-electron chi connectivity index (χ3n) is 3.65. The summed E-state index contributed by atoms with van der Waals surface area (Å²) in [7, 11) is 1.65. The maximum absolute atomic E-state index is 11.6. The van der Waals surface area contributed by atoms with Crippen LogP contribution in [-0.4, -0.2) is 29.5 Å². The van der Waals surface area contributed by atoms with E-state index >= 15 is 0 Å². The van der Waals surface area contributed by atoms with Crippen LogP contribution in [0.4, 0.5) is 0 Å². The van der Waals surface area contributed by atoms with Gasteiger partial charge < -0.3 is 9.47 Å². The Morgan fingerprint density at radius 2 is 1.96 bits per heavy atom. The van der Waals surface area contributed by atoms with E-state index in [0.717, 1.165) is 22.7 Å². The Hall–Kier alpha value is -2.30. The second kappa shape index (κ2) is 7.81. The molecule has 0 aliphatic heterocycles. The molecule has 0 unspecified atom stereocenters. The van der Waals surface area contributed by atoms with Crippen molar-refractivity contribution in [1.82, 2.24) is 9.78 Å². The zero-order valence-electron chi connectivity index (χ0n) is 14.2. The van der Waals surface area contributed by atoms with E-state index in [1.165, 1.54) is 0 Å². The first-order chi connectivity index (χ1) is 11.1. The van der Waals surface area contributed by atoms with E-state index in [2.05, 4.69) is 18.9 Å². The summed E-state index contributed by atoms with van der Waals surface area (Å²) in [6.45, 7) is 6.50. The van der Waals surface area contributed by atoms with Gasteiger partial charge in [0, 0.05) is 12.1 Å². The first-order valence-electron chi connectivity index (χ1n) is 7.93. The molecule has 124 valence electrons. The predicted molar refractivity (Wildman–Crippen MR) is 89.2 cm³/mol. The SMILES string of the molecule is CCOC(=O)CCc1cnn(-c2ccc(OC)cc2)c1C(C)C. The van der Waals surface area contributed by atoms with Crippen LogP contribution in [0.5, 0.6) is 5.75 Å². The number of rotatable bonds is 7. The average Bonchev–Trinajstić information content (AvgIpc) is 2.97. The number of hydrogen-bond donors (Lipinski definition) is 0. The lowest BCUT2D eigenvalue weighted by atomic mass is 10.0. The van der Waals surface area contributed by atoms with Crippen LogP contribution >= 0.6 is 0 Å². The van der Waals surface area contributed by atoms with Crippen molar-refractivity contribution in [1.29, 1.82) is 0 Å². The summed E-state index contributed by atoms with van der Waals surface area (Å²) in [6, 6.07) is 7.79. The van der Waals surface area contributed by atoms with E-state index in [1.807, 2.05) is 42.1 Å². The van der Waals surface area contributed by atoms with Gasteiger partial charge in [0.1, 0.15) is 5.75 Å². The molecule has 1 aromatic carbocycles. The standard InChI is InChI=1S/C18H24N2O3/c1-5-23-17(21)11-6-14-12-19-20(18(14)13(2)3)15-7-9-16(22-4)10-8-15/h7-10,12-13H,5-6,11H2,1-4H3. The highest BCUT2D eigenvalue weighted by Gasteiger charge is 2.16. The summed E-state index contributed by atoms with van der Waals surface area (Å²) in [5.41, 5.74) is 3.19. The molecule has 0 aliphatic carbocycles. The molecule has 0 aliphatic rings. The maximum atomic E-state index is 11.6. The number of carbonyl (C=O) groups excluding carboxylic acids is 1. The molecular weight excluding hydrogens is 292 g/mol. The number of esters is 1. The number of benzene rings is 1. The number of hydrogen-bond acceptors (Lipinski definition) is 4. The van der Waals surface area contributed by atoms with Crippen molar-refractivity contribution in [3.8, 4) is 11.4 Å². The molecular formula is C18H24N2O3. The number of aromatic nitrogens is 2. The van der Waals surface area contributed by atoms with Gasteiger partial charge in [0.05, 0.1) is 25.6 Å². The molecule has 1 aromatic heterocycles. The van der Waals surface area contributed by atoms with Crippen molar-refractivity contribution in [2.75, 3.05) is 13.7 Å². The topological polar surface area (TPSA) is 53.3 Å². The zero-order valence-corrected chi connectivity index (χ0v) is 14.2. The third-order valence-corrected chi connectivity index (χ3v) is 3.65. The summed E-state index contributed by atoms with van der Waals surface area (Å²) < 4.78 is 12.1. The van der Waals surface area contributed by atoms with Crippen LogP contribution in [0.3, 0.4) is 0 Å². The summed E-state index contributed by atoms with van der Waals surface area (Å²) >= 11 is 0. The van der Waals surface area contributed by atoms with Crippen LogP contribution in [0.2, 0.25) is 0 Å². The van der Waals surface area contributed by atoms with Gasteiger partial charge in [-0.05, 0) is 49.1 Å². The molecule has 5 nitrogen and oxygen atoms in total. The molecule has 0 spiro atoms. The largest absolute Gasteiger partial charge is 0.497 e. The van der Waals surface area contributed by atoms with Crippen LogP contribution in [0.1, 0.15) is 44.4 Å². The Morgan fingerprint density at radius 1 is 1.26 bits per heavy atom. The Bertz CT molecular complexity index is 645. The highest BCUT2D eigenvalue weighted by Crippen LogP contribution is 2.25. The van der Waals surface area contributed by atoms with Gasteiger partial charge in [-0.3, -0.25) is 4.79 Å². The molecule has 2 rings (SSSR count). The number of carbonyl (C=O) groups is 1. The van der Waals surface area contributed by atoms with Crippen LogP contribution < -0.4 is 4.74 Å². The fourth-order valence-corrected chi connectivity index (χ4v) is 2.60. The van der Waals surface area contributed by atoms with Crippen molar-refractivity contribution in [3.63, 3.8) is 0 Å². The minimum Gasteiger partial charge on any atom is -0.497 e. The first-order valence-corrected chi connectivity index (χ1v) is 7.93. The van der Waals surface area contributed by atoms with Gasteiger partial charge in [0.25, 0.3) is 0 Å². The summed E-state index contributed by atoms with van der Waals surface area (Å²) in [4.78, 5) is 11.6. The number of methoxy groups -OCH3 is 1. The number of ether oxygens (including phenoxy) is 2. The van der Waals surface area contributed by atoms with Gasteiger partial charge in [0.15, 0.2) is 0 Å². The third kappa shape index (κ3) is 4.12. The Kier molecular flexibility index (Phi) is 5.79. The fraction of sp³-hybridized carbons (Fsp3) is 0.444. The maximum Gasteiger partial charge on any atom is 0.306 e. The minimum absolute atomic E-state index is 0.167. The molecule has 0 saturated heterocycles. The molecule has 0 saturated carbocycles. The lowest BCUT2D eigenvalue weighted by Crippen LogP contribution is -2.08. The molecule has 23 heavy (non-hydrogen) atoms. The smallest absolute Gasteiger partial charge is 0.306 e. The molecule has 0 fully saturated rings. The second-order valence-corrected chi connectivity index (χ2v) is 5.62. The van der Waals surface area contributed by atoms with Gasteiger partial charge in [-0.25, -0.2) is 4.68 Å². The van der Waals surface area contributed by atoms with E-state index in [9.17, 15) is 4.79 Å². The average molecular weight is 316 g/mol. The van der Waals surface area contributed by atoms with Crippen molar-refractivity contribution in [2.45, 2.75) is 39.5 Å². The Morgan fingerprint density at radius 3 is 2.52 bits per heavy atom. The van der Waals surface area contributed by atoms with Crippen LogP contribution in [0.25, 0.3) is 5.69 Å². The quantitative estimate of drug-likeness (QED) is 0.734. The van der Waals surface area contributed by atoms with Gasteiger partial charge in [-0.2, -0.15) is 5.10 Å². The molecule has 5 heteroatoms. The van der Waals surface area contributed by atoms with Crippen molar-refractivity contribution < 1.29 is 14.3 Å². The van der Waals surface area contributed by atoms with Crippen LogP contribution in [-0.2, 0) is 16.0 Å². The molecule has 0 N–H and O–H groups in total. The van der Waals surface area contributed by atoms with Gasteiger partial charge in [0.2, 0.25) is 0 Å². The van der Waals surface area contributed by atoms with E-state index in [-0.39, 0.29) is 5.97 Å². The molecule has 0 bridgehead atoms. The van der Waals surface area contributed by atoms with Gasteiger partial charge >= 0.3 is 5.97 Å². The predicted octanol–water partition coefficient (Wildman–Crippen LogP) is 3.50. The van der Waals surface area contributed by atoms with E-state index in [1.54, 1.807) is 7.11 Å². The minimum atomic E-state index is -0.167. The number of nitrogens with zero attached hydrogens (tertiary/aromatic N) is 2. The van der Waals surface area contributed by atoms with E-state index in [4.69, 9.17) is 9.47 Å². The molecule has 1 heterocycles. The molecule has 0 radical (unpaired) electrons. The molecule has 0 amide bonds.